The maximum absolute atomic E-state index is 11.0. The van der Waals surface area contributed by atoms with Crippen LogP contribution in [-0.4, -0.2) is 11.9 Å². The van der Waals surface area contributed by atoms with Gasteiger partial charge in [-0.25, -0.2) is 0 Å². The third kappa shape index (κ3) is 3.01. The van der Waals surface area contributed by atoms with Crippen LogP contribution >= 0.6 is 0 Å². The number of allylic oxidation sites excluding steroid dienone is 1. The van der Waals surface area contributed by atoms with E-state index in [0.29, 0.717) is 5.92 Å². The third-order valence-corrected chi connectivity index (χ3v) is 1.88. The van der Waals surface area contributed by atoms with Gasteiger partial charge in [0.05, 0.1) is 12.3 Å². The van der Waals surface area contributed by atoms with Crippen LogP contribution in [0.5, 0.6) is 0 Å². The molecule has 0 aromatic heterocycles. The molecular formula is C10H14O3. The lowest BCUT2D eigenvalue weighted by atomic mass is 10.0. The zero-order valence-corrected chi connectivity index (χ0v) is 7.95. The summed E-state index contributed by atoms with van der Waals surface area (Å²) < 4.78 is 4.40. The maximum Gasteiger partial charge on any atom is 0.321 e. The summed E-state index contributed by atoms with van der Waals surface area (Å²) in [4.78, 5) is 21.7. The molecule has 3 heteroatoms. The summed E-state index contributed by atoms with van der Waals surface area (Å²) in [5.41, 5.74) is 0. The van der Waals surface area contributed by atoms with Crippen LogP contribution < -0.4 is 0 Å². The first-order chi connectivity index (χ1) is 6.09. The SMILES string of the molecule is CC(C)C/C=C/C1CC(=O)OC1=O. The Hall–Kier alpha value is -1.12. The first-order valence-electron chi connectivity index (χ1n) is 4.50. The Kier molecular flexibility index (Phi) is 3.23. The fraction of sp³-hybridized carbons (Fsp3) is 0.600. The van der Waals surface area contributed by atoms with Crippen LogP contribution in [0.2, 0.25) is 0 Å². The van der Waals surface area contributed by atoms with Gasteiger partial charge in [-0.2, -0.15) is 0 Å². The molecular weight excluding hydrogens is 168 g/mol. The van der Waals surface area contributed by atoms with Crippen molar-refractivity contribution in [2.45, 2.75) is 26.7 Å². The molecule has 72 valence electrons. The van der Waals surface area contributed by atoms with Crippen molar-refractivity contribution in [3.63, 3.8) is 0 Å². The molecule has 0 aromatic rings. The lowest BCUT2D eigenvalue weighted by Gasteiger charge is -1.98. The maximum atomic E-state index is 11.0. The Bertz CT molecular complexity index is 241. The monoisotopic (exact) mass is 182 g/mol. The van der Waals surface area contributed by atoms with E-state index >= 15 is 0 Å². The van der Waals surface area contributed by atoms with Crippen LogP contribution in [0, 0.1) is 11.8 Å². The molecule has 0 spiro atoms. The summed E-state index contributed by atoms with van der Waals surface area (Å²) in [5, 5.41) is 0. The van der Waals surface area contributed by atoms with Crippen LogP contribution in [0.1, 0.15) is 26.7 Å². The van der Waals surface area contributed by atoms with Crippen LogP contribution in [0.15, 0.2) is 12.2 Å². The second-order valence-corrected chi connectivity index (χ2v) is 3.66. The minimum atomic E-state index is -0.413. The summed E-state index contributed by atoms with van der Waals surface area (Å²) in [6.45, 7) is 4.20. The summed E-state index contributed by atoms with van der Waals surface area (Å²) in [7, 11) is 0. The Morgan fingerprint density at radius 3 is 2.69 bits per heavy atom. The molecule has 0 radical (unpaired) electrons. The highest BCUT2D eigenvalue weighted by Gasteiger charge is 2.30. The quantitative estimate of drug-likeness (QED) is 0.379. The van der Waals surface area contributed by atoms with Gasteiger partial charge >= 0.3 is 11.9 Å². The van der Waals surface area contributed by atoms with Crippen molar-refractivity contribution in [2.75, 3.05) is 0 Å². The van der Waals surface area contributed by atoms with E-state index in [-0.39, 0.29) is 12.3 Å². The minimum absolute atomic E-state index is 0.202. The normalized spacial score (nSPS) is 23.2. The number of esters is 2. The number of hydrogen-bond acceptors (Lipinski definition) is 3. The van der Waals surface area contributed by atoms with E-state index in [1.54, 1.807) is 6.08 Å². The molecule has 1 saturated heterocycles. The first kappa shape index (κ1) is 9.96. The van der Waals surface area contributed by atoms with E-state index in [4.69, 9.17) is 0 Å². The molecule has 1 atom stereocenters. The molecule has 0 amide bonds. The number of carbonyl (C=O) groups excluding carboxylic acids is 2. The summed E-state index contributed by atoms with van der Waals surface area (Å²) in [5.74, 6) is -0.593. The van der Waals surface area contributed by atoms with Crippen LogP contribution in [0.25, 0.3) is 0 Å². The van der Waals surface area contributed by atoms with Crippen LogP contribution in [-0.2, 0) is 14.3 Å². The van der Waals surface area contributed by atoms with Gasteiger partial charge in [0.15, 0.2) is 0 Å². The van der Waals surface area contributed by atoms with Gasteiger partial charge in [-0.3, -0.25) is 9.59 Å². The number of hydrogen-bond donors (Lipinski definition) is 0. The zero-order chi connectivity index (χ0) is 9.84. The van der Waals surface area contributed by atoms with Crippen molar-refractivity contribution in [2.24, 2.45) is 11.8 Å². The predicted octanol–water partition coefficient (Wildman–Crippen LogP) is 1.68. The number of carbonyl (C=O) groups is 2. The predicted molar refractivity (Wildman–Crippen MR) is 47.8 cm³/mol. The molecule has 1 rings (SSSR count). The smallest absolute Gasteiger partial charge is 0.321 e. The van der Waals surface area contributed by atoms with Gasteiger partial charge in [-0.15, -0.1) is 0 Å². The van der Waals surface area contributed by atoms with Crippen molar-refractivity contribution >= 4 is 11.9 Å². The van der Waals surface area contributed by atoms with E-state index in [1.807, 2.05) is 6.08 Å². The standard InChI is InChI=1S/C10H14O3/c1-7(2)4-3-5-8-6-9(11)13-10(8)12/h3,5,7-8H,4,6H2,1-2H3/b5-3+. The average Bonchev–Trinajstić information content (AvgIpc) is 2.29. The fourth-order valence-electron chi connectivity index (χ4n) is 1.15. The number of rotatable bonds is 3. The van der Waals surface area contributed by atoms with E-state index in [2.05, 4.69) is 18.6 Å². The number of cyclic esters (lactones) is 2. The molecule has 0 saturated carbocycles. The van der Waals surface area contributed by atoms with Crippen LogP contribution in [0.4, 0.5) is 0 Å². The molecule has 0 bridgehead atoms. The minimum Gasteiger partial charge on any atom is -0.393 e. The Balaban J connectivity index is 2.41. The van der Waals surface area contributed by atoms with Crippen molar-refractivity contribution in [3.8, 4) is 0 Å². The van der Waals surface area contributed by atoms with Gasteiger partial charge in [0, 0.05) is 0 Å². The van der Waals surface area contributed by atoms with Crippen LogP contribution in [0.3, 0.4) is 0 Å². The molecule has 1 heterocycles. The second-order valence-electron chi connectivity index (χ2n) is 3.66. The van der Waals surface area contributed by atoms with E-state index in [1.165, 1.54) is 0 Å². The fourth-order valence-corrected chi connectivity index (χ4v) is 1.15. The van der Waals surface area contributed by atoms with Gasteiger partial charge in [-0.05, 0) is 12.3 Å². The molecule has 0 aromatic carbocycles. The summed E-state index contributed by atoms with van der Waals surface area (Å²) in [6, 6.07) is 0. The van der Waals surface area contributed by atoms with Gasteiger partial charge in [0.25, 0.3) is 0 Å². The zero-order valence-electron chi connectivity index (χ0n) is 7.95. The van der Waals surface area contributed by atoms with Gasteiger partial charge < -0.3 is 4.74 Å². The second kappa shape index (κ2) is 4.21. The average molecular weight is 182 g/mol. The first-order valence-corrected chi connectivity index (χ1v) is 4.50. The lowest BCUT2D eigenvalue weighted by Crippen LogP contribution is -2.03. The van der Waals surface area contributed by atoms with Crippen molar-refractivity contribution in [3.05, 3.63) is 12.2 Å². The van der Waals surface area contributed by atoms with E-state index < -0.39 is 11.9 Å². The molecule has 13 heavy (non-hydrogen) atoms. The molecule has 1 aliphatic heterocycles. The summed E-state index contributed by atoms with van der Waals surface area (Å²) >= 11 is 0. The van der Waals surface area contributed by atoms with E-state index in [0.717, 1.165) is 6.42 Å². The molecule has 0 N–H and O–H groups in total. The molecule has 0 aliphatic carbocycles. The molecule has 1 aliphatic rings. The van der Waals surface area contributed by atoms with Crippen molar-refractivity contribution in [1.82, 2.24) is 0 Å². The molecule has 3 nitrogen and oxygen atoms in total. The Labute approximate surface area is 77.8 Å². The van der Waals surface area contributed by atoms with Gasteiger partial charge in [0.2, 0.25) is 0 Å². The summed E-state index contributed by atoms with van der Waals surface area (Å²) in [6.07, 6.45) is 4.84. The molecule has 1 fully saturated rings. The Morgan fingerprint density at radius 2 is 2.23 bits per heavy atom. The van der Waals surface area contributed by atoms with Crippen molar-refractivity contribution < 1.29 is 14.3 Å². The van der Waals surface area contributed by atoms with Crippen molar-refractivity contribution in [1.29, 1.82) is 0 Å². The Morgan fingerprint density at radius 1 is 1.54 bits per heavy atom. The largest absolute Gasteiger partial charge is 0.393 e. The highest BCUT2D eigenvalue weighted by Crippen LogP contribution is 2.17. The van der Waals surface area contributed by atoms with Gasteiger partial charge in [0.1, 0.15) is 0 Å². The van der Waals surface area contributed by atoms with Gasteiger partial charge in [-0.1, -0.05) is 26.0 Å². The number of ether oxygens (including phenoxy) is 1. The topological polar surface area (TPSA) is 43.4 Å². The highest BCUT2D eigenvalue weighted by molar-refractivity contribution is 5.95. The lowest BCUT2D eigenvalue weighted by molar-refractivity contribution is -0.152. The third-order valence-electron chi connectivity index (χ3n) is 1.88. The van der Waals surface area contributed by atoms with E-state index in [9.17, 15) is 9.59 Å². The highest BCUT2D eigenvalue weighted by atomic mass is 16.6. The molecule has 1 unspecified atom stereocenters.